The summed E-state index contributed by atoms with van der Waals surface area (Å²) >= 11 is 0. The number of carboxylic acid groups (broad SMARTS) is 2. The molecule has 1 rings (SSSR count). The molecule has 6 nitrogen and oxygen atoms in total. The number of carbonyl (C=O) groups is 2. The van der Waals surface area contributed by atoms with Crippen LogP contribution in [0.5, 0.6) is 0 Å². The molecule has 0 aliphatic carbocycles. The summed E-state index contributed by atoms with van der Waals surface area (Å²) in [6, 6.07) is 0. The Balaban J connectivity index is 0. The van der Waals surface area contributed by atoms with Gasteiger partial charge in [0.25, 0.3) is 5.97 Å². The van der Waals surface area contributed by atoms with E-state index < -0.39 is 11.9 Å². The quantitative estimate of drug-likeness (QED) is 0.639. The first-order chi connectivity index (χ1) is 7.29. The van der Waals surface area contributed by atoms with E-state index in [1.807, 2.05) is 17.8 Å². The van der Waals surface area contributed by atoms with Gasteiger partial charge in [0.05, 0.1) is 13.6 Å². The van der Waals surface area contributed by atoms with Gasteiger partial charge in [-0.05, 0) is 13.8 Å². The minimum absolute atomic E-state index is 0.833. The lowest BCUT2D eigenvalue weighted by atomic mass is 10.7. The van der Waals surface area contributed by atoms with Crippen LogP contribution in [0, 0.1) is 0 Å². The normalized spacial score (nSPS) is 8.00. The predicted molar refractivity (Wildman–Crippen MR) is 55.3 cm³/mol. The second kappa shape index (κ2) is 9.70. The van der Waals surface area contributed by atoms with E-state index in [0.717, 1.165) is 20.4 Å². The number of hydrogen-bond donors (Lipinski definition) is 1. The molecule has 0 fully saturated rings. The van der Waals surface area contributed by atoms with Crippen molar-refractivity contribution in [1.29, 1.82) is 0 Å². The number of carbonyl (C=O) groups excluding carboxylic acids is 1. The highest BCUT2D eigenvalue weighted by atomic mass is 16.4. The first-order valence-electron chi connectivity index (χ1n) is 4.67. The largest absolute Gasteiger partial charge is 0.550 e. The van der Waals surface area contributed by atoms with Crippen LogP contribution in [0.25, 0.3) is 0 Å². The van der Waals surface area contributed by atoms with Gasteiger partial charge in [0.15, 0.2) is 0 Å². The zero-order chi connectivity index (χ0) is 13.1. The lowest BCUT2D eigenvalue weighted by Gasteiger charge is -1.81. The third kappa shape index (κ3) is 18.0. The van der Waals surface area contributed by atoms with Crippen LogP contribution in [0.2, 0.25) is 0 Å². The summed E-state index contributed by atoms with van der Waals surface area (Å²) in [5, 5.41) is 16.3. The van der Waals surface area contributed by atoms with Crippen LogP contribution in [-0.2, 0) is 23.2 Å². The minimum atomic E-state index is -1.08. The highest BCUT2D eigenvalue weighted by Gasteiger charge is 1.92. The molecule has 0 radical (unpaired) electrons. The van der Waals surface area contributed by atoms with Crippen LogP contribution in [0.3, 0.4) is 0 Å². The number of hydrogen-bond acceptors (Lipinski definition) is 3. The van der Waals surface area contributed by atoms with Gasteiger partial charge >= 0.3 is 0 Å². The fourth-order valence-electron chi connectivity index (χ4n) is 0.689. The van der Waals surface area contributed by atoms with E-state index >= 15 is 0 Å². The van der Waals surface area contributed by atoms with Gasteiger partial charge in [0, 0.05) is 12.9 Å². The Kier molecular flexibility index (Phi) is 10.0. The Labute approximate surface area is 94.8 Å². The molecule has 0 saturated carbocycles. The van der Waals surface area contributed by atoms with Crippen molar-refractivity contribution in [2.45, 2.75) is 27.3 Å². The number of carboxylic acids is 2. The molecule has 16 heavy (non-hydrogen) atoms. The van der Waals surface area contributed by atoms with E-state index in [1.54, 1.807) is 0 Å². The number of aromatic nitrogens is 2. The number of imidazole rings is 1. The topological polar surface area (TPSA) is 86.2 Å². The van der Waals surface area contributed by atoms with Crippen LogP contribution >= 0.6 is 0 Å². The molecule has 0 saturated heterocycles. The molecular formula is C10H18N2O4. The number of aliphatic carboxylic acids is 2. The second-order valence-corrected chi connectivity index (χ2v) is 2.92. The van der Waals surface area contributed by atoms with Crippen molar-refractivity contribution in [3.05, 3.63) is 18.7 Å². The van der Waals surface area contributed by atoms with E-state index in [9.17, 15) is 0 Å². The van der Waals surface area contributed by atoms with Gasteiger partial charge in [-0.25, -0.2) is 9.13 Å². The van der Waals surface area contributed by atoms with Gasteiger partial charge in [-0.1, -0.05) is 0 Å². The Morgan fingerprint density at radius 2 is 1.81 bits per heavy atom. The van der Waals surface area contributed by atoms with Crippen LogP contribution in [0.15, 0.2) is 18.7 Å². The van der Waals surface area contributed by atoms with Crippen molar-refractivity contribution in [2.75, 3.05) is 0 Å². The summed E-state index contributed by atoms with van der Waals surface area (Å²) in [4.78, 5) is 17.9. The molecule has 0 spiro atoms. The third-order valence-electron chi connectivity index (χ3n) is 1.19. The van der Waals surface area contributed by atoms with Crippen molar-refractivity contribution in [3.63, 3.8) is 0 Å². The fourth-order valence-corrected chi connectivity index (χ4v) is 0.689. The van der Waals surface area contributed by atoms with Gasteiger partial charge in [0.2, 0.25) is 6.33 Å². The van der Waals surface area contributed by atoms with Crippen LogP contribution in [0.4, 0.5) is 0 Å². The Bertz CT molecular complexity index is 300. The molecule has 0 aromatic carbocycles. The number of aryl methyl sites for hydroxylation is 2. The highest BCUT2D eigenvalue weighted by Crippen LogP contribution is 1.74. The fraction of sp³-hybridized carbons (Fsp3) is 0.500. The molecule has 1 aromatic rings. The van der Waals surface area contributed by atoms with Gasteiger partial charge in [-0.3, -0.25) is 4.79 Å². The molecule has 6 heteroatoms. The number of nitrogens with zero attached hydrogens (tertiary/aromatic N) is 2. The summed E-state index contributed by atoms with van der Waals surface area (Å²) in [5.74, 6) is -1.92. The van der Waals surface area contributed by atoms with Crippen LogP contribution in [-0.4, -0.2) is 21.6 Å². The average Bonchev–Trinajstić information content (AvgIpc) is 2.49. The minimum Gasteiger partial charge on any atom is -0.550 e. The molecule has 0 bridgehead atoms. The number of rotatable bonds is 1. The summed E-state index contributed by atoms with van der Waals surface area (Å²) in [5.41, 5.74) is 0. The van der Waals surface area contributed by atoms with Gasteiger partial charge in [-0.2, -0.15) is 0 Å². The zero-order valence-electron chi connectivity index (χ0n) is 10.0. The van der Waals surface area contributed by atoms with Crippen molar-refractivity contribution in [1.82, 2.24) is 4.57 Å². The van der Waals surface area contributed by atoms with E-state index in [-0.39, 0.29) is 0 Å². The molecule has 1 N–H and O–H groups in total. The smallest absolute Gasteiger partial charge is 0.300 e. The second-order valence-electron chi connectivity index (χ2n) is 2.92. The SMILES string of the molecule is CC(=O)O.CC(=O)[O-].CC[n+]1ccn(C)c1. The first kappa shape index (κ1) is 16.6. The van der Waals surface area contributed by atoms with Gasteiger partial charge < -0.3 is 15.0 Å². The van der Waals surface area contributed by atoms with Crippen molar-refractivity contribution >= 4 is 11.9 Å². The Hall–Kier alpha value is -1.85. The highest BCUT2D eigenvalue weighted by molar-refractivity contribution is 5.63. The molecule has 0 aliphatic heterocycles. The van der Waals surface area contributed by atoms with E-state index in [1.165, 1.54) is 0 Å². The van der Waals surface area contributed by atoms with E-state index in [4.69, 9.17) is 19.8 Å². The monoisotopic (exact) mass is 230 g/mol. The Morgan fingerprint density at radius 3 is 1.94 bits per heavy atom. The maximum atomic E-state index is 9.00. The molecule has 0 atom stereocenters. The van der Waals surface area contributed by atoms with E-state index in [2.05, 4.69) is 24.0 Å². The molecule has 1 aromatic heterocycles. The molecule has 0 aliphatic rings. The van der Waals surface area contributed by atoms with Crippen LogP contribution in [0.1, 0.15) is 20.8 Å². The summed E-state index contributed by atoms with van der Waals surface area (Å²) in [6.07, 6.45) is 6.14. The molecule has 92 valence electrons. The lowest BCUT2D eigenvalue weighted by molar-refractivity contribution is -0.693. The van der Waals surface area contributed by atoms with Gasteiger partial charge in [0.1, 0.15) is 12.4 Å². The molecular weight excluding hydrogens is 212 g/mol. The summed E-state index contributed by atoms with van der Waals surface area (Å²) in [7, 11) is 2.02. The van der Waals surface area contributed by atoms with Crippen molar-refractivity contribution < 1.29 is 24.4 Å². The lowest BCUT2D eigenvalue weighted by Crippen LogP contribution is -2.28. The standard InChI is InChI=1S/C6H11N2.2C2H4O2/c1-3-8-5-4-7(2)6-8;2*1-2(3)4/h4-6H,3H2,1-2H3;2*1H3,(H,3,4)/q+1;;/p-1. The van der Waals surface area contributed by atoms with Crippen molar-refractivity contribution in [2.24, 2.45) is 7.05 Å². The summed E-state index contributed by atoms with van der Waals surface area (Å²) in [6.45, 7) is 5.24. The molecule has 0 amide bonds. The average molecular weight is 230 g/mol. The summed E-state index contributed by atoms with van der Waals surface area (Å²) < 4.78 is 4.16. The first-order valence-corrected chi connectivity index (χ1v) is 4.67. The van der Waals surface area contributed by atoms with Crippen LogP contribution < -0.4 is 9.67 Å². The maximum absolute atomic E-state index is 9.00. The molecule has 0 unspecified atom stereocenters. The maximum Gasteiger partial charge on any atom is 0.300 e. The van der Waals surface area contributed by atoms with Gasteiger partial charge in [-0.15, -0.1) is 0 Å². The third-order valence-corrected chi connectivity index (χ3v) is 1.19. The predicted octanol–water partition coefficient (Wildman–Crippen LogP) is -0.820. The zero-order valence-corrected chi connectivity index (χ0v) is 10.0. The van der Waals surface area contributed by atoms with E-state index in [0.29, 0.717) is 0 Å². The molecule has 1 heterocycles. The Morgan fingerprint density at radius 1 is 1.44 bits per heavy atom. The van der Waals surface area contributed by atoms with Crippen molar-refractivity contribution in [3.8, 4) is 0 Å².